The second-order valence-electron chi connectivity index (χ2n) is 6.64. The molecule has 0 aliphatic carbocycles. The van der Waals surface area contributed by atoms with E-state index in [1.54, 1.807) is 42.8 Å². The number of rotatable bonds is 9. The van der Waals surface area contributed by atoms with Crippen LogP contribution in [-0.2, 0) is 16.6 Å². The Balaban J connectivity index is 1.74. The monoisotopic (exact) mass is 482 g/mol. The lowest BCUT2D eigenvalue weighted by molar-refractivity contribution is -0.0512. The van der Waals surface area contributed by atoms with Gasteiger partial charge in [-0.1, -0.05) is 18.2 Å². The molecule has 0 spiro atoms. The largest absolute Gasteiger partial charge is 0.493 e. The Morgan fingerprint density at radius 3 is 2.56 bits per heavy atom. The van der Waals surface area contributed by atoms with Crippen LogP contribution in [0.4, 0.5) is 14.5 Å². The van der Waals surface area contributed by atoms with Crippen LogP contribution in [0.15, 0.2) is 64.2 Å². The third kappa shape index (κ3) is 5.74. The average molecular weight is 483 g/mol. The molecule has 0 radical (unpaired) electrons. The predicted octanol–water partition coefficient (Wildman–Crippen LogP) is 4.43. The van der Waals surface area contributed by atoms with Gasteiger partial charge < -0.3 is 14.4 Å². The molecule has 0 aliphatic heterocycles. The number of benzene rings is 2. The maximum Gasteiger partial charge on any atom is 0.387 e. The molecule has 1 aromatic heterocycles. The van der Waals surface area contributed by atoms with Crippen LogP contribution >= 0.6 is 11.3 Å². The zero-order chi connectivity index (χ0) is 23.3. The lowest BCUT2D eigenvalue weighted by atomic mass is 10.1. The van der Waals surface area contributed by atoms with Crippen LogP contribution in [0.5, 0.6) is 11.5 Å². The molecule has 2 aromatic carbocycles. The van der Waals surface area contributed by atoms with Crippen LogP contribution < -0.4 is 14.2 Å². The molecule has 3 aromatic rings. The number of hydrogen-bond donors (Lipinski definition) is 1. The van der Waals surface area contributed by atoms with Crippen molar-refractivity contribution in [2.45, 2.75) is 17.4 Å². The fraction of sp³-hybridized carbons (Fsp3) is 0.190. The number of ether oxygens (including phenoxy) is 2. The van der Waals surface area contributed by atoms with Gasteiger partial charge in [0.25, 0.3) is 15.9 Å². The van der Waals surface area contributed by atoms with E-state index in [-0.39, 0.29) is 39.4 Å². The molecule has 0 unspecified atom stereocenters. The number of carbonyl (C=O) groups is 1. The minimum absolute atomic E-state index is 0.105. The number of alkyl halides is 2. The molecular weight excluding hydrogens is 462 g/mol. The molecule has 0 bridgehead atoms. The molecule has 32 heavy (non-hydrogen) atoms. The van der Waals surface area contributed by atoms with Crippen LogP contribution in [-0.4, -0.2) is 40.0 Å². The summed E-state index contributed by atoms with van der Waals surface area (Å²) in [4.78, 5) is 14.2. The van der Waals surface area contributed by atoms with Crippen LogP contribution in [0.2, 0.25) is 0 Å². The topological polar surface area (TPSA) is 84.9 Å². The highest BCUT2D eigenvalue weighted by molar-refractivity contribution is 7.94. The number of carbonyl (C=O) groups excluding carboxylic acids is 1. The third-order valence-electron chi connectivity index (χ3n) is 4.33. The van der Waals surface area contributed by atoms with Gasteiger partial charge in [0.05, 0.1) is 7.11 Å². The molecule has 11 heteroatoms. The first kappa shape index (κ1) is 23.5. The van der Waals surface area contributed by atoms with Gasteiger partial charge in [0.1, 0.15) is 4.21 Å². The molecule has 1 N–H and O–H groups in total. The molecule has 0 saturated heterocycles. The van der Waals surface area contributed by atoms with Crippen molar-refractivity contribution in [2.24, 2.45) is 0 Å². The van der Waals surface area contributed by atoms with Crippen molar-refractivity contribution in [1.29, 1.82) is 0 Å². The number of amides is 1. The third-order valence-corrected chi connectivity index (χ3v) is 7.11. The standard InChI is InChI=1S/C21H20F2N2O5S2/c1-25(13-14-8-9-17(29-2)18(11-14)30-21(22)23)20(26)15-5-3-6-16(12-15)24-32(27,28)19-7-4-10-31-19/h3-12,21,24H,13H2,1-2H3. The van der Waals surface area contributed by atoms with Crippen LogP contribution in [0.3, 0.4) is 0 Å². The van der Waals surface area contributed by atoms with Gasteiger partial charge >= 0.3 is 6.61 Å². The number of sulfonamides is 1. The van der Waals surface area contributed by atoms with Crippen molar-refractivity contribution in [3.05, 3.63) is 71.1 Å². The van der Waals surface area contributed by atoms with Gasteiger partial charge in [-0.05, 0) is 47.3 Å². The maximum atomic E-state index is 12.9. The van der Waals surface area contributed by atoms with E-state index >= 15 is 0 Å². The van der Waals surface area contributed by atoms with Gasteiger partial charge in [0.2, 0.25) is 0 Å². The Hall–Kier alpha value is -3.18. The molecule has 1 amide bonds. The first-order valence-corrected chi connectivity index (χ1v) is 11.6. The van der Waals surface area contributed by atoms with E-state index in [4.69, 9.17) is 4.74 Å². The Bertz CT molecular complexity index is 1180. The molecule has 0 atom stereocenters. The van der Waals surface area contributed by atoms with E-state index in [1.165, 1.54) is 36.3 Å². The predicted molar refractivity (Wildman–Crippen MR) is 117 cm³/mol. The normalized spacial score (nSPS) is 11.3. The Morgan fingerprint density at radius 2 is 1.91 bits per heavy atom. The molecule has 3 rings (SSSR count). The summed E-state index contributed by atoms with van der Waals surface area (Å²) in [6, 6.07) is 13.7. The van der Waals surface area contributed by atoms with E-state index in [0.717, 1.165) is 11.3 Å². The fourth-order valence-electron chi connectivity index (χ4n) is 2.91. The average Bonchev–Trinajstić information content (AvgIpc) is 3.29. The van der Waals surface area contributed by atoms with Crippen molar-refractivity contribution in [3.8, 4) is 11.5 Å². The smallest absolute Gasteiger partial charge is 0.387 e. The minimum Gasteiger partial charge on any atom is -0.493 e. The quantitative estimate of drug-likeness (QED) is 0.488. The lowest BCUT2D eigenvalue weighted by Gasteiger charge is -2.19. The molecule has 0 saturated carbocycles. The number of nitrogens with one attached hydrogen (secondary N) is 1. The van der Waals surface area contributed by atoms with Gasteiger partial charge in [0.15, 0.2) is 11.5 Å². The first-order valence-electron chi connectivity index (χ1n) is 9.23. The number of thiophene rings is 1. The summed E-state index contributed by atoms with van der Waals surface area (Å²) in [5, 5.41) is 1.65. The Morgan fingerprint density at radius 1 is 1.12 bits per heavy atom. The van der Waals surface area contributed by atoms with E-state index in [9.17, 15) is 22.0 Å². The molecule has 0 fully saturated rings. The van der Waals surface area contributed by atoms with Gasteiger partial charge in [-0.2, -0.15) is 8.78 Å². The van der Waals surface area contributed by atoms with E-state index in [2.05, 4.69) is 9.46 Å². The summed E-state index contributed by atoms with van der Waals surface area (Å²) in [6.07, 6.45) is 0. The number of hydrogen-bond acceptors (Lipinski definition) is 6. The van der Waals surface area contributed by atoms with Crippen LogP contribution in [0.25, 0.3) is 0 Å². The van der Waals surface area contributed by atoms with Gasteiger partial charge in [0, 0.05) is 24.8 Å². The van der Waals surface area contributed by atoms with Crippen molar-refractivity contribution in [1.82, 2.24) is 4.90 Å². The second-order valence-corrected chi connectivity index (χ2v) is 9.50. The molecule has 170 valence electrons. The van der Waals surface area contributed by atoms with E-state index in [1.807, 2.05) is 0 Å². The summed E-state index contributed by atoms with van der Waals surface area (Å²) >= 11 is 1.08. The molecule has 0 aliphatic rings. The van der Waals surface area contributed by atoms with Crippen LogP contribution in [0.1, 0.15) is 15.9 Å². The number of halogens is 2. The Labute approximate surface area is 188 Å². The lowest BCUT2D eigenvalue weighted by Crippen LogP contribution is -2.26. The summed E-state index contributed by atoms with van der Waals surface area (Å²) in [5.41, 5.74) is 1.05. The molecule has 1 heterocycles. The Kier molecular flexibility index (Phi) is 7.31. The summed E-state index contributed by atoms with van der Waals surface area (Å²) in [6.45, 7) is -2.91. The zero-order valence-corrected chi connectivity index (χ0v) is 18.8. The van der Waals surface area contributed by atoms with E-state index < -0.39 is 16.6 Å². The second kappa shape index (κ2) is 9.96. The van der Waals surface area contributed by atoms with Crippen molar-refractivity contribution in [2.75, 3.05) is 18.9 Å². The van der Waals surface area contributed by atoms with Gasteiger partial charge in [-0.25, -0.2) is 8.42 Å². The minimum atomic E-state index is -3.75. The summed E-state index contributed by atoms with van der Waals surface area (Å²) in [7, 11) is -0.866. The number of nitrogens with zero attached hydrogens (tertiary/aromatic N) is 1. The van der Waals surface area contributed by atoms with E-state index in [0.29, 0.717) is 5.56 Å². The highest BCUT2D eigenvalue weighted by atomic mass is 32.2. The zero-order valence-electron chi connectivity index (χ0n) is 17.1. The molecule has 7 nitrogen and oxygen atoms in total. The van der Waals surface area contributed by atoms with Crippen molar-refractivity contribution >= 4 is 33.0 Å². The van der Waals surface area contributed by atoms with Crippen molar-refractivity contribution < 1.29 is 31.5 Å². The summed E-state index contributed by atoms with van der Waals surface area (Å²) in [5.74, 6) is -0.367. The highest BCUT2D eigenvalue weighted by Crippen LogP contribution is 2.30. The maximum absolute atomic E-state index is 12.9. The first-order chi connectivity index (χ1) is 15.2. The van der Waals surface area contributed by atoms with Crippen LogP contribution in [0, 0.1) is 0 Å². The highest BCUT2D eigenvalue weighted by Gasteiger charge is 2.18. The SMILES string of the molecule is COc1ccc(CN(C)C(=O)c2cccc(NS(=O)(=O)c3cccs3)c2)cc1OC(F)F. The summed E-state index contributed by atoms with van der Waals surface area (Å²) < 4.78 is 62.2. The van der Waals surface area contributed by atoms with Gasteiger partial charge in [-0.3, -0.25) is 9.52 Å². The van der Waals surface area contributed by atoms with Crippen molar-refractivity contribution in [3.63, 3.8) is 0 Å². The van der Waals surface area contributed by atoms with Gasteiger partial charge in [-0.15, -0.1) is 11.3 Å². The molecular formula is C21H20F2N2O5S2. The number of anilines is 1. The number of methoxy groups -OCH3 is 1. The fourth-order valence-corrected chi connectivity index (χ4v) is 4.95.